The van der Waals surface area contributed by atoms with Gasteiger partial charge >= 0.3 is 5.97 Å². The Hall–Kier alpha value is -1.10. The smallest absolute Gasteiger partial charge is 0.332 e. The van der Waals surface area contributed by atoms with Crippen LogP contribution < -0.4 is 5.32 Å². The van der Waals surface area contributed by atoms with Crippen molar-refractivity contribution in [3.63, 3.8) is 0 Å². The Morgan fingerprint density at radius 1 is 1.05 bits per heavy atom. The van der Waals surface area contributed by atoms with Gasteiger partial charge in [0.2, 0.25) is 5.91 Å². The molecular formula is C16H27NO4. The van der Waals surface area contributed by atoms with Crippen LogP contribution in [-0.4, -0.2) is 35.2 Å². The van der Waals surface area contributed by atoms with Crippen molar-refractivity contribution in [1.29, 1.82) is 0 Å². The zero-order valence-corrected chi connectivity index (χ0v) is 13.2. The number of hydrogen-bond donors (Lipinski definition) is 2. The molecule has 0 bridgehead atoms. The number of carbonyl (C=O) groups is 2. The third-order valence-corrected chi connectivity index (χ3v) is 4.79. The van der Waals surface area contributed by atoms with Crippen molar-refractivity contribution in [3.8, 4) is 0 Å². The first kappa shape index (κ1) is 16.3. The van der Waals surface area contributed by atoms with E-state index in [1.165, 1.54) is 6.42 Å². The van der Waals surface area contributed by atoms with Gasteiger partial charge in [-0.15, -0.1) is 0 Å². The van der Waals surface area contributed by atoms with Gasteiger partial charge in [0.15, 0.2) is 6.10 Å². The molecule has 0 aromatic rings. The molecule has 1 saturated carbocycles. The van der Waals surface area contributed by atoms with Gasteiger partial charge in [-0.1, -0.05) is 33.6 Å². The maximum absolute atomic E-state index is 12.3. The van der Waals surface area contributed by atoms with Crippen LogP contribution in [0.1, 0.15) is 59.3 Å². The van der Waals surface area contributed by atoms with E-state index < -0.39 is 18.2 Å². The minimum Gasteiger partial charge on any atom is -0.479 e. The minimum absolute atomic E-state index is 0.139. The van der Waals surface area contributed by atoms with Gasteiger partial charge < -0.3 is 15.2 Å². The van der Waals surface area contributed by atoms with Crippen LogP contribution in [0.4, 0.5) is 0 Å². The molecule has 0 spiro atoms. The van der Waals surface area contributed by atoms with Crippen molar-refractivity contribution in [1.82, 2.24) is 5.32 Å². The molecule has 5 heteroatoms. The Labute approximate surface area is 126 Å². The Bertz CT molecular complexity index is 402. The lowest BCUT2D eigenvalue weighted by molar-refractivity contribution is -0.152. The lowest BCUT2D eigenvalue weighted by Crippen LogP contribution is -2.49. The molecule has 0 aromatic carbocycles. The first-order chi connectivity index (χ1) is 9.79. The van der Waals surface area contributed by atoms with E-state index >= 15 is 0 Å². The number of rotatable bonds is 3. The second kappa shape index (κ2) is 6.34. The molecule has 1 saturated heterocycles. The zero-order valence-electron chi connectivity index (χ0n) is 13.2. The molecule has 2 fully saturated rings. The van der Waals surface area contributed by atoms with Gasteiger partial charge in [0.1, 0.15) is 6.10 Å². The predicted octanol–water partition coefficient (Wildman–Crippen LogP) is 2.34. The van der Waals surface area contributed by atoms with E-state index in [0.29, 0.717) is 18.8 Å². The highest BCUT2D eigenvalue weighted by atomic mass is 16.5. The maximum atomic E-state index is 12.3. The van der Waals surface area contributed by atoms with Gasteiger partial charge in [-0.3, -0.25) is 4.79 Å². The van der Waals surface area contributed by atoms with E-state index in [1.807, 2.05) is 0 Å². The molecule has 2 rings (SSSR count). The molecule has 5 nitrogen and oxygen atoms in total. The van der Waals surface area contributed by atoms with Gasteiger partial charge in [0.25, 0.3) is 0 Å². The van der Waals surface area contributed by atoms with Crippen LogP contribution in [0.15, 0.2) is 0 Å². The van der Waals surface area contributed by atoms with Crippen molar-refractivity contribution in [2.75, 3.05) is 0 Å². The second-order valence-corrected chi connectivity index (χ2v) is 7.40. The molecule has 0 radical (unpaired) electrons. The quantitative estimate of drug-likeness (QED) is 0.838. The van der Waals surface area contributed by atoms with Crippen molar-refractivity contribution < 1.29 is 19.4 Å². The summed E-state index contributed by atoms with van der Waals surface area (Å²) in [6.07, 6.45) is 3.98. The number of carboxylic acid groups (broad SMARTS) is 1. The highest BCUT2D eigenvalue weighted by molar-refractivity contribution is 5.82. The van der Waals surface area contributed by atoms with Gasteiger partial charge in [-0.25, -0.2) is 4.79 Å². The second-order valence-electron chi connectivity index (χ2n) is 7.40. The highest BCUT2D eigenvalue weighted by Crippen LogP contribution is 2.38. The fourth-order valence-electron chi connectivity index (χ4n) is 3.63. The molecule has 1 amide bonds. The van der Waals surface area contributed by atoms with Crippen molar-refractivity contribution in [2.45, 2.75) is 77.5 Å². The van der Waals surface area contributed by atoms with Gasteiger partial charge in [0, 0.05) is 6.04 Å². The van der Waals surface area contributed by atoms with E-state index in [-0.39, 0.29) is 17.4 Å². The summed E-state index contributed by atoms with van der Waals surface area (Å²) in [7, 11) is 0. The number of amides is 1. The molecule has 2 aliphatic rings. The SMILES string of the molecule is CC(C)(C)C1CCCCC1NC(=O)[C@@H]1CC[C@H](C(=O)O)O1. The topological polar surface area (TPSA) is 75.6 Å². The Morgan fingerprint density at radius 3 is 2.24 bits per heavy atom. The molecule has 1 aliphatic heterocycles. The molecule has 21 heavy (non-hydrogen) atoms. The molecule has 2 unspecified atom stereocenters. The van der Waals surface area contributed by atoms with E-state index in [1.54, 1.807) is 0 Å². The summed E-state index contributed by atoms with van der Waals surface area (Å²) in [4.78, 5) is 23.2. The zero-order chi connectivity index (χ0) is 15.6. The van der Waals surface area contributed by atoms with Gasteiger partial charge in [-0.2, -0.15) is 0 Å². The summed E-state index contributed by atoms with van der Waals surface area (Å²) < 4.78 is 5.34. The number of hydrogen-bond acceptors (Lipinski definition) is 3. The van der Waals surface area contributed by atoms with E-state index in [9.17, 15) is 9.59 Å². The van der Waals surface area contributed by atoms with Crippen molar-refractivity contribution >= 4 is 11.9 Å². The first-order valence-corrected chi connectivity index (χ1v) is 7.97. The van der Waals surface area contributed by atoms with Crippen LogP contribution in [0.3, 0.4) is 0 Å². The fraction of sp³-hybridized carbons (Fsp3) is 0.875. The third-order valence-electron chi connectivity index (χ3n) is 4.79. The Morgan fingerprint density at radius 2 is 1.67 bits per heavy atom. The van der Waals surface area contributed by atoms with Crippen LogP contribution in [0, 0.1) is 11.3 Å². The van der Waals surface area contributed by atoms with E-state index in [2.05, 4.69) is 26.1 Å². The average Bonchev–Trinajstić information content (AvgIpc) is 2.88. The molecule has 2 N–H and O–H groups in total. The number of carbonyl (C=O) groups excluding carboxylic acids is 1. The lowest BCUT2D eigenvalue weighted by atomic mass is 9.69. The summed E-state index contributed by atoms with van der Waals surface area (Å²) in [6.45, 7) is 6.65. The van der Waals surface area contributed by atoms with Gasteiger partial charge in [-0.05, 0) is 37.0 Å². The number of aliphatic carboxylic acids is 1. The van der Waals surface area contributed by atoms with Crippen LogP contribution in [0.25, 0.3) is 0 Å². The molecule has 120 valence electrons. The number of ether oxygens (including phenoxy) is 1. The molecule has 4 atom stereocenters. The standard InChI is InChI=1S/C16H27NO4/c1-16(2,3)10-6-4-5-7-11(10)17-14(18)12-8-9-13(21-12)15(19)20/h10-13H,4-9H2,1-3H3,(H,17,18)(H,19,20)/t10?,11?,12-,13+/m0/s1. The largest absolute Gasteiger partial charge is 0.479 e. The lowest BCUT2D eigenvalue weighted by Gasteiger charge is -2.41. The van der Waals surface area contributed by atoms with Crippen LogP contribution >= 0.6 is 0 Å². The normalized spacial score (nSPS) is 33.7. The van der Waals surface area contributed by atoms with E-state index in [0.717, 1.165) is 19.3 Å². The Kier molecular flexibility index (Phi) is 4.91. The van der Waals surface area contributed by atoms with Crippen LogP contribution in [0.5, 0.6) is 0 Å². The third kappa shape index (κ3) is 3.96. The van der Waals surface area contributed by atoms with E-state index in [4.69, 9.17) is 9.84 Å². The molecular weight excluding hydrogens is 270 g/mol. The fourth-order valence-corrected chi connectivity index (χ4v) is 3.63. The van der Waals surface area contributed by atoms with Gasteiger partial charge in [0.05, 0.1) is 0 Å². The summed E-state index contributed by atoms with van der Waals surface area (Å²) in [5.41, 5.74) is 0.165. The number of nitrogens with one attached hydrogen (secondary N) is 1. The molecule has 0 aromatic heterocycles. The Balaban J connectivity index is 1.93. The predicted molar refractivity (Wildman–Crippen MR) is 78.9 cm³/mol. The van der Waals surface area contributed by atoms with Crippen molar-refractivity contribution in [2.24, 2.45) is 11.3 Å². The summed E-state index contributed by atoms with van der Waals surface area (Å²) in [6, 6.07) is 0.179. The average molecular weight is 297 g/mol. The highest BCUT2D eigenvalue weighted by Gasteiger charge is 2.39. The van der Waals surface area contributed by atoms with Crippen LogP contribution in [-0.2, 0) is 14.3 Å². The summed E-state index contributed by atoms with van der Waals surface area (Å²) >= 11 is 0. The maximum Gasteiger partial charge on any atom is 0.332 e. The summed E-state index contributed by atoms with van der Waals surface area (Å²) in [5.74, 6) is -0.651. The monoisotopic (exact) mass is 297 g/mol. The number of carboxylic acids is 1. The molecule has 1 heterocycles. The molecule has 1 aliphatic carbocycles. The first-order valence-electron chi connectivity index (χ1n) is 7.97. The minimum atomic E-state index is -0.976. The van der Waals surface area contributed by atoms with Crippen LogP contribution in [0.2, 0.25) is 0 Å². The van der Waals surface area contributed by atoms with Crippen molar-refractivity contribution in [3.05, 3.63) is 0 Å². The summed E-state index contributed by atoms with van der Waals surface area (Å²) in [5, 5.41) is 12.0.